The fourth-order valence-corrected chi connectivity index (χ4v) is 3.65. The van der Waals surface area contributed by atoms with E-state index >= 15 is 0 Å². The normalized spacial score (nSPS) is 12.7. The standard InChI is InChI=1S/C17H13N5O3S/c1-23-12-4-3-10(6-11(12)18)16-21-22-15(19-20-17(22)26-16)9-2-5-13-14(7-9)25-8-24-13/h2-7H,8,18H2,1H3. The van der Waals surface area contributed by atoms with Crippen LogP contribution in [-0.2, 0) is 0 Å². The molecule has 0 aliphatic carbocycles. The number of rotatable bonds is 3. The van der Waals surface area contributed by atoms with Crippen LogP contribution in [0.25, 0.3) is 26.9 Å². The highest BCUT2D eigenvalue weighted by Crippen LogP contribution is 2.36. The van der Waals surface area contributed by atoms with Gasteiger partial charge in [-0.05, 0) is 36.4 Å². The van der Waals surface area contributed by atoms with Gasteiger partial charge in [-0.25, -0.2) is 0 Å². The molecule has 0 radical (unpaired) electrons. The van der Waals surface area contributed by atoms with Crippen molar-refractivity contribution in [2.24, 2.45) is 0 Å². The van der Waals surface area contributed by atoms with Crippen LogP contribution in [0.2, 0.25) is 0 Å². The summed E-state index contributed by atoms with van der Waals surface area (Å²) in [6.07, 6.45) is 0. The van der Waals surface area contributed by atoms with Gasteiger partial charge in [0, 0.05) is 11.1 Å². The zero-order chi connectivity index (χ0) is 17.7. The summed E-state index contributed by atoms with van der Waals surface area (Å²) in [6, 6.07) is 11.2. The average Bonchev–Trinajstić information content (AvgIpc) is 3.36. The molecule has 130 valence electrons. The molecule has 4 aromatic rings. The zero-order valence-corrected chi connectivity index (χ0v) is 14.5. The van der Waals surface area contributed by atoms with Gasteiger partial charge in [0.05, 0.1) is 12.8 Å². The van der Waals surface area contributed by atoms with E-state index in [1.807, 2.05) is 36.4 Å². The molecule has 0 fully saturated rings. The Kier molecular flexibility index (Phi) is 3.22. The molecule has 26 heavy (non-hydrogen) atoms. The van der Waals surface area contributed by atoms with E-state index in [0.29, 0.717) is 28.0 Å². The Bertz CT molecular complexity index is 1140. The number of hydrogen-bond acceptors (Lipinski definition) is 8. The van der Waals surface area contributed by atoms with Gasteiger partial charge in [-0.3, -0.25) is 0 Å². The fourth-order valence-electron chi connectivity index (χ4n) is 2.82. The van der Waals surface area contributed by atoms with Crippen molar-refractivity contribution in [1.82, 2.24) is 19.8 Å². The van der Waals surface area contributed by atoms with Gasteiger partial charge >= 0.3 is 0 Å². The van der Waals surface area contributed by atoms with Crippen molar-refractivity contribution in [2.75, 3.05) is 19.6 Å². The third-order valence-electron chi connectivity index (χ3n) is 4.10. The van der Waals surface area contributed by atoms with Crippen LogP contribution in [0.5, 0.6) is 17.2 Å². The number of nitrogens with zero attached hydrogens (tertiary/aromatic N) is 4. The van der Waals surface area contributed by atoms with E-state index in [0.717, 1.165) is 21.9 Å². The van der Waals surface area contributed by atoms with Crippen LogP contribution in [0.4, 0.5) is 5.69 Å². The van der Waals surface area contributed by atoms with Gasteiger partial charge in [-0.15, -0.1) is 10.2 Å². The highest BCUT2D eigenvalue weighted by molar-refractivity contribution is 7.19. The highest BCUT2D eigenvalue weighted by Gasteiger charge is 2.19. The molecule has 9 heteroatoms. The molecule has 1 aliphatic rings. The van der Waals surface area contributed by atoms with Crippen molar-refractivity contribution in [3.63, 3.8) is 0 Å². The van der Waals surface area contributed by atoms with E-state index in [1.165, 1.54) is 11.3 Å². The number of ether oxygens (including phenoxy) is 3. The monoisotopic (exact) mass is 367 g/mol. The third kappa shape index (κ3) is 2.25. The van der Waals surface area contributed by atoms with Gasteiger partial charge in [0.25, 0.3) is 0 Å². The molecular weight excluding hydrogens is 354 g/mol. The predicted molar refractivity (Wildman–Crippen MR) is 96.6 cm³/mol. The van der Waals surface area contributed by atoms with Crippen molar-refractivity contribution in [3.05, 3.63) is 36.4 Å². The zero-order valence-electron chi connectivity index (χ0n) is 13.7. The van der Waals surface area contributed by atoms with Gasteiger partial charge in [-0.2, -0.15) is 9.61 Å². The number of hydrogen-bond donors (Lipinski definition) is 1. The summed E-state index contributed by atoms with van der Waals surface area (Å²) in [7, 11) is 1.59. The first-order valence-corrected chi connectivity index (χ1v) is 8.61. The Labute approximate surface area is 151 Å². The van der Waals surface area contributed by atoms with Crippen LogP contribution in [0, 0.1) is 0 Å². The lowest BCUT2D eigenvalue weighted by molar-refractivity contribution is 0.174. The summed E-state index contributed by atoms with van der Waals surface area (Å²) in [5.41, 5.74) is 8.32. The molecule has 2 N–H and O–H groups in total. The van der Waals surface area contributed by atoms with Crippen LogP contribution in [0.3, 0.4) is 0 Å². The molecule has 0 saturated heterocycles. The lowest BCUT2D eigenvalue weighted by Gasteiger charge is -2.04. The predicted octanol–water partition coefficient (Wildman–Crippen LogP) is 2.84. The number of methoxy groups -OCH3 is 1. The molecule has 2 aromatic heterocycles. The van der Waals surface area contributed by atoms with Crippen molar-refractivity contribution < 1.29 is 14.2 Å². The minimum absolute atomic E-state index is 0.230. The number of aromatic nitrogens is 4. The van der Waals surface area contributed by atoms with Crippen molar-refractivity contribution in [1.29, 1.82) is 0 Å². The Morgan fingerprint density at radius 3 is 2.77 bits per heavy atom. The number of nitrogens with two attached hydrogens (primary N) is 1. The maximum absolute atomic E-state index is 6.00. The molecule has 8 nitrogen and oxygen atoms in total. The first kappa shape index (κ1) is 15.0. The molecule has 0 atom stereocenters. The van der Waals surface area contributed by atoms with Crippen LogP contribution in [-0.4, -0.2) is 33.7 Å². The van der Waals surface area contributed by atoms with E-state index in [-0.39, 0.29) is 6.79 Å². The second-order valence-electron chi connectivity index (χ2n) is 5.65. The number of anilines is 1. The molecule has 0 unspecified atom stereocenters. The molecule has 3 heterocycles. The Morgan fingerprint density at radius 2 is 1.92 bits per heavy atom. The van der Waals surface area contributed by atoms with Crippen LogP contribution < -0.4 is 19.9 Å². The van der Waals surface area contributed by atoms with Crippen molar-refractivity contribution in [2.45, 2.75) is 0 Å². The van der Waals surface area contributed by atoms with Gasteiger partial charge in [-0.1, -0.05) is 11.3 Å². The minimum atomic E-state index is 0.230. The molecule has 2 aromatic carbocycles. The summed E-state index contributed by atoms with van der Waals surface area (Å²) in [6.45, 7) is 0.230. The molecular formula is C17H13N5O3S. The van der Waals surface area contributed by atoms with Gasteiger partial charge in [0.2, 0.25) is 11.8 Å². The lowest BCUT2D eigenvalue weighted by atomic mass is 10.2. The Balaban J connectivity index is 1.58. The molecule has 0 bridgehead atoms. The Hall–Kier alpha value is -3.33. The lowest BCUT2D eigenvalue weighted by Crippen LogP contribution is -1.94. The maximum Gasteiger partial charge on any atom is 0.235 e. The quantitative estimate of drug-likeness (QED) is 0.556. The molecule has 0 amide bonds. The van der Waals surface area contributed by atoms with Crippen LogP contribution >= 0.6 is 11.3 Å². The largest absolute Gasteiger partial charge is 0.495 e. The molecule has 0 saturated carbocycles. The van der Waals surface area contributed by atoms with E-state index in [4.69, 9.17) is 19.9 Å². The average molecular weight is 367 g/mol. The van der Waals surface area contributed by atoms with Crippen molar-refractivity contribution in [3.8, 4) is 39.2 Å². The Morgan fingerprint density at radius 1 is 1.08 bits per heavy atom. The summed E-state index contributed by atoms with van der Waals surface area (Å²) in [5.74, 6) is 2.69. The van der Waals surface area contributed by atoms with Gasteiger partial charge in [0.1, 0.15) is 10.8 Å². The summed E-state index contributed by atoms with van der Waals surface area (Å²) < 4.78 is 17.7. The molecule has 1 aliphatic heterocycles. The number of fused-ring (bicyclic) bond motifs is 2. The smallest absolute Gasteiger partial charge is 0.235 e. The van der Waals surface area contributed by atoms with E-state index in [2.05, 4.69) is 15.3 Å². The first-order chi connectivity index (χ1) is 12.7. The first-order valence-electron chi connectivity index (χ1n) is 7.79. The van der Waals surface area contributed by atoms with E-state index in [1.54, 1.807) is 11.6 Å². The van der Waals surface area contributed by atoms with Crippen LogP contribution in [0.15, 0.2) is 36.4 Å². The molecule has 0 spiro atoms. The van der Waals surface area contributed by atoms with Crippen molar-refractivity contribution >= 4 is 22.0 Å². The third-order valence-corrected chi connectivity index (χ3v) is 5.05. The van der Waals surface area contributed by atoms with E-state index in [9.17, 15) is 0 Å². The topological polar surface area (TPSA) is 96.8 Å². The fraction of sp³-hybridized carbons (Fsp3) is 0.118. The molecule has 5 rings (SSSR count). The van der Waals surface area contributed by atoms with Crippen LogP contribution in [0.1, 0.15) is 0 Å². The second-order valence-corrected chi connectivity index (χ2v) is 6.61. The van der Waals surface area contributed by atoms with Gasteiger partial charge in [0.15, 0.2) is 17.3 Å². The summed E-state index contributed by atoms with van der Waals surface area (Å²) in [5, 5.41) is 13.9. The summed E-state index contributed by atoms with van der Waals surface area (Å²) in [4.78, 5) is 0.696. The van der Waals surface area contributed by atoms with E-state index < -0.39 is 0 Å². The minimum Gasteiger partial charge on any atom is -0.495 e. The summed E-state index contributed by atoms with van der Waals surface area (Å²) >= 11 is 1.44. The number of benzene rings is 2. The maximum atomic E-state index is 6.00. The number of nitrogen functional groups attached to an aromatic ring is 1. The van der Waals surface area contributed by atoms with Gasteiger partial charge < -0.3 is 19.9 Å². The highest BCUT2D eigenvalue weighted by atomic mass is 32.1. The second kappa shape index (κ2) is 5.60. The SMILES string of the molecule is COc1ccc(-c2nn3c(-c4ccc5c(c4)OCO5)nnc3s2)cc1N.